The second kappa shape index (κ2) is 4.95. The molecular weight excluding hydrogens is 225 g/mol. The van der Waals surface area contributed by atoms with Crippen LogP contribution in [0, 0.1) is 5.82 Å². The molecule has 0 saturated carbocycles. The predicted molar refractivity (Wildman–Crippen MR) is 60.9 cm³/mol. The molecule has 0 spiro atoms. The molecule has 1 rings (SSSR count). The molecule has 17 heavy (non-hydrogen) atoms. The third kappa shape index (κ3) is 4.63. The summed E-state index contributed by atoms with van der Waals surface area (Å²) < 4.78 is 17.7. The Morgan fingerprint density at radius 1 is 1.29 bits per heavy atom. The highest BCUT2D eigenvalue weighted by atomic mass is 19.1. The summed E-state index contributed by atoms with van der Waals surface area (Å²) in [5.41, 5.74) is -0.531. The van der Waals surface area contributed by atoms with Gasteiger partial charge in [-0.3, -0.25) is 4.79 Å². The number of carbonyl (C=O) groups excluding carboxylic acids is 2. The van der Waals surface area contributed by atoms with Crippen LogP contribution in [-0.2, 0) is 14.3 Å². The average Bonchev–Trinajstić information content (AvgIpc) is 2.14. The van der Waals surface area contributed by atoms with Gasteiger partial charge in [0.25, 0.3) is 0 Å². The SMILES string of the molecule is CC(C)(C)OC(=O)C(=O)Nc1cccc(F)c1. The minimum absolute atomic E-state index is 0.209. The Hall–Kier alpha value is -1.91. The zero-order valence-corrected chi connectivity index (χ0v) is 9.91. The van der Waals surface area contributed by atoms with Crippen LogP contribution in [0.2, 0.25) is 0 Å². The van der Waals surface area contributed by atoms with E-state index in [1.54, 1.807) is 20.8 Å². The number of anilines is 1. The minimum atomic E-state index is -0.998. The van der Waals surface area contributed by atoms with E-state index in [2.05, 4.69) is 5.32 Å². The summed E-state index contributed by atoms with van der Waals surface area (Å²) in [6.45, 7) is 4.96. The van der Waals surface area contributed by atoms with Crippen molar-refractivity contribution in [2.24, 2.45) is 0 Å². The van der Waals surface area contributed by atoms with Crippen LogP contribution < -0.4 is 5.32 Å². The van der Waals surface area contributed by atoms with Gasteiger partial charge in [0.15, 0.2) is 0 Å². The number of rotatable bonds is 1. The summed E-state index contributed by atoms with van der Waals surface area (Å²) in [5, 5.41) is 2.25. The van der Waals surface area contributed by atoms with Gasteiger partial charge in [-0.25, -0.2) is 9.18 Å². The van der Waals surface area contributed by atoms with Crippen molar-refractivity contribution >= 4 is 17.6 Å². The van der Waals surface area contributed by atoms with Crippen LogP contribution in [0.15, 0.2) is 24.3 Å². The van der Waals surface area contributed by atoms with E-state index < -0.39 is 23.3 Å². The molecule has 1 amide bonds. The number of benzene rings is 1. The molecule has 1 aromatic carbocycles. The third-order valence-electron chi connectivity index (χ3n) is 1.67. The molecule has 0 aliphatic rings. The van der Waals surface area contributed by atoms with Crippen LogP contribution >= 0.6 is 0 Å². The number of hydrogen-bond acceptors (Lipinski definition) is 3. The lowest BCUT2D eigenvalue weighted by atomic mass is 10.2. The van der Waals surface area contributed by atoms with Gasteiger partial charge in [-0.15, -0.1) is 0 Å². The van der Waals surface area contributed by atoms with Crippen molar-refractivity contribution in [3.8, 4) is 0 Å². The summed E-state index contributed by atoms with van der Waals surface area (Å²) in [6, 6.07) is 5.26. The molecule has 0 radical (unpaired) electrons. The molecule has 0 aromatic heterocycles. The molecule has 0 atom stereocenters. The quantitative estimate of drug-likeness (QED) is 0.603. The first-order valence-corrected chi connectivity index (χ1v) is 5.08. The van der Waals surface area contributed by atoms with Gasteiger partial charge < -0.3 is 10.1 Å². The van der Waals surface area contributed by atoms with E-state index in [0.717, 1.165) is 6.07 Å². The number of ether oxygens (including phenoxy) is 1. The highest BCUT2D eigenvalue weighted by Crippen LogP contribution is 2.11. The van der Waals surface area contributed by atoms with Crippen molar-refractivity contribution in [3.63, 3.8) is 0 Å². The second-order valence-corrected chi connectivity index (χ2v) is 4.47. The average molecular weight is 239 g/mol. The highest BCUT2D eigenvalue weighted by Gasteiger charge is 2.22. The monoisotopic (exact) mass is 239 g/mol. The lowest BCUT2D eigenvalue weighted by molar-refractivity contribution is -0.161. The fraction of sp³-hybridized carbons (Fsp3) is 0.333. The van der Waals surface area contributed by atoms with E-state index in [1.807, 2.05) is 0 Å². The molecular formula is C12H14FNO3. The summed E-state index contributed by atoms with van der Waals surface area (Å²) in [4.78, 5) is 22.7. The van der Waals surface area contributed by atoms with Crippen molar-refractivity contribution < 1.29 is 18.7 Å². The van der Waals surface area contributed by atoms with Gasteiger partial charge in [-0.1, -0.05) is 6.07 Å². The summed E-state index contributed by atoms with van der Waals surface area (Å²) >= 11 is 0. The fourth-order valence-corrected chi connectivity index (χ4v) is 1.07. The largest absolute Gasteiger partial charge is 0.453 e. The maximum Gasteiger partial charge on any atom is 0.397 e. The Kier molecular flexibility index (Phi) is 3.83. The topological polar surface area (TPSA) is 55.4 Å². The lowest BCUT2D eigenvalue weighted by Crippen LogP contribution is -2.32. The zero-order chi connectivity index (χ0) is 13.1. The Balaban J connectivity index is 2.64. The Bertz CT molecular complexity index is 438. The van der Waals surface area contributed by atoms with Gasteiger partial charge >= 0.3 is 11.9 Å². The van der Waals surface area contributed by atoms with E-state index in [9.17, 15) is 14.0 Å². The van der Waals surface area contributed by atoms with Crippen LogP contribution in [0.5, 0.6) is 0 Å². The van der Waals surface area contributed by atoms with Gasteiger partial charge in [0.2, 0.25) is 0 Å². The molecule has 92 valence electrons. The van der Waals surface area contributed by atoms with Crippen LogP contribution in [0.3, 0.4) is 0 Å². The first kappa shape index (κ1) is 13.2. The number of amides is 1. The van der Waals surface area contributed by atoms with Gasteiger partial charge in [0.05, 0.1) is 0 Å². The Morgan fingerprint density at radius 3 is 2.47 bits per heavy atom. The highest BCUT2D eigenvalue weighted by molar-refractivity contribution is 6.37. The van der Waals surface area contributed by atoms with Crippen molar-refractivity contribution in [1.29, 1.82) is 0 Å². The maximum absolute atomic E-state index is 12.8. The lowest BCUT2D eigenvalue weighted by Gasteiger charge is -2.18. The van der Waals surface area contributed by atoms with E-state index in [0.29, 0.717) is 0 Å². The smallest absolute Gasteiger partial charge is 0.397 e. The molecule has 1 N–H and O–H groups in total. The standard InChI is InChI=1S/C12H14FNO3/c1-12(2,3)17-11(16)10(15)14-9-6-4-5-8(13)7-9/h4-7H,1-3H3,(H,14,15). The number of nitrogens with one attached hydrogen (secondary N) is 1. The molecule has 0 fully saturated rings. The number of halogens is 1. The van der Waals surface area contributed by atoms with Gasteiger partial charge in [-0.05, 0) is 39.0 Å². The van der Waals surface area contributed by atoms with Crippen LogP contribution in [0.1, 0.15) is 20.8 Å². The van der Waals surface area contributed by atoms with E-state index in [-0.39, 0.29) is 5.69 Å². The summed E-state index contributed by atoms with van der Waals surface area (Å²) in [7, 11) is 0. The molecule has 0 aliphatic carbocycles. The summed E-state index contributed by atoms with van der Waals surface area (Å²) in [5.74, 6) is -2.42. The van der Waals surface area contributed by atoms with Gasteiger partial charge in [0, 0.05) is 5.69 Å². The Morgan fingerprint density at radius 2 is 1.94 bits per heavy atom. The van der Waals surface area contributed by atoms with E-state index in [1.165, 1.54) is 18.2 Å². The van der Waals surface area contributed by atoms with Crippen molar-refractivity contribution in [3.05, 3.63) is 30.1 Å². The van der Waals surface area contributed by atoms with Gasteiger partial charge in [-0.2, -0.15) is 0 Å². The van der Waals surface area contributed by atoms with Crippen molar-refractivity contribution in [2.45, 2.75) is 26.4 Å². The molecule has 0 unspecified atom stereocenters. The van der Waals surface area contributed by atoms with E-state index >= 15 is 0 Å². The zero-order valence-electron chi connectivity index (χ0n) is 9.91. The van der Waals surface area contributed by atoms with E-state index in [4.69, 9.17) is 4.74 Å². The molecule has 5 heteroatoms. The van der Waals surface area contributed by atoms with Crippen molar-refractivity contribution in [2.75, 3.05) is 5.32 Å². The third-order valence-corrected chi connectivity index (χ3v) is 1.67. The van der Waals surface area contributed by atoms with Crippen LogP contribution in [0.4, 0.5) is 10.1 Å². The maximum atomic E-state index is 12.8. The first-order valence-electron chi connectivity index (χ1n) is 5.08. The molecule has 0 aliphatic heterocycles. The molecule has 0 heterocycles. The predicted octanol–water partition coefficient (Wildman–Crippen LogP) is 2.11. The van der Waals surface area contributed by atoms with Crippen LogP contribution in [0.25, 0.3) is 0 Å². The minimum Gasteiger partial charge on any atom is -0.453 e. The first-order chi connectivity index (χ1) is 7.78. The number of esters is 1. The molecule has 4 nitrogen and oxygen atoms in total. The van der Waals surface area contributed by atoms with Gasteiger partial charge in [0.1, 0.15) is 11.4 Å². The number of carbonyl (C=O) groups is 2. The molecule has 0 bridgehead atoms. The fourth-order valence-electron chi connectivity index (χ4n) is 1.07. The summed E-state index contributed by atoms with van der Waals surface area (Å²) in [6.07, 6.45) is 0. The second-order valence-electron chi connectivity index (χ2n) is 4.47. The van der Waals surface area contributed by atoms with Crippen molar-refractivity contribution in [1.82, 2.24) is 0 Å². The normalized spacial score (nSPS) is 10.8. The Labute approximate surface area is 98.8 Å². The molecule has 0 saturated heterocycles. The number of hydrogen-bond donors (Lipinski definition) is 1. The van der Waals surface area contributed by atoms with Crippen LogP contribution in [-0.4, -0.2) is 17.5 Å². The molecule has 1 aromatic rings.